The number of rotatable bonds is 6. The van der Waals surface area contributed by atoms with Crippen LogP contribution in [0.3, 0.4) is 0 Å². The summed E-state index contributed by atoms with van der Waals surface area (Å²) in [5.74, 6) is -1.40. The standard InChI is InChI=1S/C24H21FN2O6S/c1-24(25)19(33-21(30)16-10-6-3-7-11-16)17(14-31-20(29)15-8-4-2-5-9-15)32-22(24)27-13-12-18(28)26-23(27)34/h2-13,17,19,22H,14H2,1H3,(H,26,28,34). The van der Waals surface area contributed by atoms with E-state index in [4.69, 9.17) is 26.4 Å². The summed E-state index contributed by atoms with van der Waals surface area (Å²) < 4.78 is 34.1. The highest BCUT2D eigenvalue weighted by Crippen LogP contribution is 2.43. The van der Waals surface area contributed by atoms with Crippen molar-refractivity contribution in [2.45, 2.75) is 31.0 Å². The Morgan fingerprint density at radius 3 is 2.24 bits per heavy atom. The molecule has 1 saturated heterocycles. The number of alkyl halides is 1. The molecule has 1 N–H and O–H groups in total. The van der Waals surface area contributed by atoms with Crippen molar-refractivity contribution < 1.29 is 28.2 Å². The van der Waals surface area contributed by atoms with Crippen molar-refractivity contribution >= 4 is 24.2 Å². The normalized spacial score (nSPS) is 23.9. The quantitative estimate of drug-likeness (QED) is 0.421. The van der Waals surface area contributed by atoms with E-state index in [-0.39, 0.29) is 16.9 Å². The van der Waals surface area contributed by atoms with Crippen molar-refractivity contribution in [3.63, 3.8) is 0 Å². The summed E-state index contributed by atoms with van der Waals surface area (Å²) in [5, 5.41) is 0. The molecule has 1 fully saturated rings. The second kappa shape index (κ2) is 9.70. The summed E-state index contributed by atoms with van der Waals surface area (Å²) in [6.45, 7) is 0.819. The predicted octanol–water partition coefficient (Wildman–Crippen LogP) is 3.61. The molecule has 4 unspecified atom stereocenters. The fraction of sp³-hybridized carbons (Fsp3) is 0.250. The molecule has 10 heteroatoms. The molecule has 0 aliphatic carbocycles. The first-order chi connectivity index (χ1) is 16.3. The van der Waals surface area contributed by atoms with E-state index in [0.717, 1.165) is 0 Å². The van der Waals surface area contributed by atoms with E-state index in [1.807, 2.05) is 0 Å². The Balaban J connectivity index is 1.62. The first-order valence-corrected chi connectivity index (χ1v) is 10.8. The summed E-state index contributed by atoms with van der Waals surface area (Å²) in [4.78, 5) is 39.1. The molecule has 0 amide bonds. The van der Waals surface area contributed by atoms with Crippen molar-refractivity contribution in [1.82, 2.24) is 9.55 Å². The maximum absolute atomic E-state index is 16.2. The van der Waals surface area contributed by atoms with Gasteiger partial charge in [0.05, 0.1) is 11.1 Å². The van der Waals surface area contributed by atoms with Gasteiger partial charge in [-0.2, -0.15) is 0 Å². The highest BCUT2D eigenvalue weighted by atomic mass is 32.1. The highest BCUT2D eigenvalue weighted by molar-refractivity contribution is 7.71. The SMILES string of the molecule is CC1(F)C(OC(=O)c2ccccc2)C(COC(=O)c2ccccc2)OC1n1ccc(=O)[nH]c1=S. The summed E-state index contributed by atoms with van der Waals surface area (Å²) in [6, 6.07) is 17.5. The van der Waals surface area contributed by atoms with Crippen LogP contribution in [0.2, 0.25) is 0 Å². The average molecular weight is 485 g/mol. The van der Waals surface area contributed by atoms with Crippen molar-refractivity contribution in [3.05, 3.63) is 99.2 Å². The number of ether oxygens (including phenoxy) is 3. The molecule has 0 spiro atoms. The Kier molecular flexibility index (Phi) is 6.71. The van der Waals surface area contributed by atoms with Gasteiger partial charge in [0.2, 0.25) is 0 Å². The summed E-state index contributed by atoms with van der Waals surface area (Å²) in [6.07, 6.45) is -2.65. The Morgan fingerprint density at radius 2 is 1.65 bits per heavy atom. The van der Waals surface area contributed by atoms with E-state index >= 15 is 4.39 Å². The lowest BCUT2D eigenvalue weighted by atomic mass is 9.98. The van der Waals surface area contributed by atoms with Crippen LogP contribution in [0.25, 0.3) is 0 Å². The number of aromatic nitrogens is 2. The number of nitrogens with zero attached hydrogens (tertiary/aromatic N) is 1. The molecular formula is C24H21FN2O6S. The minimum atomic E-state index is -2.29. The van der Waals surface area contributed by atoms with E-state index in [0.29, 0.717) is 5.56 Å². The van der Waals surface area contributed by atoms with Crippen molar-refractivity contribution in [1.29, 1.82) is 0 Å². The third-order valence-electron chi connectivity index (χ3n) is 5.42. The summed E-state index contributed by atoms with van der Waals surface area (Å²) in [5.41, 5.74) is -2.21. The zero-order chi connectivity index (χ0) is 24.3. The van der Waals surface area contributed by atoms with Gasteiger partial charge in [-0.15, -0.1) is 0 Å². The lowest BCUT2D eigenvalue weighted by Gasteiger charge is -2.28. The number of aromatic amines is 1. The predicted molar refractivity (Wildman–Crippen MR) is 122 cm³/mol. The third kappa shape index (κ3) is 4.82. The summed E-state index contributed by atoms with van der Waals surface area (Å²) in [7, 11) is 0. The molecule has 4 atom stereocenters. The molecule has 34 heavy (non-hydrogen) atoms. The van der Waals surface area contributed by atoms with Gasteiger partial charge in [-0.1, -0.05) is 36.4 Å². The minimum absolute atomic E-state index is 0.0727. The number of hydrogen-bond donors (Lipinski definition) is 1. The van der Waals surface area contributed by atoms with Crippen LogP contribution in [0.4, 0.5) is 4.39 Å². The number of H-pyrrole nitrogens is 1. The molecule has 3 aromatic rings. The molecule has 0 bridgehead atoms. The lowest BCUT2D eigenvalue weighted by molar-refractivity contribution is -0.0640. The van der Waals surface area contributed by atoms with Gasteiger partial charge in [-0.3, -0.25) is 14.3 Å². The van der Waals surface area contributed by atoms with Crippen LogP contribution in [-0.4, -0.2) is 46.0 Å². The first kappa shape index (κ1) is 23.5. The van der Waals surface area contributed by atoms with Crippen LogP contribution in [0.15, 0.2) is 77.7 Å². The Bertz CT molecular complexity index is 1290. The van der Waals surface area contributed by atoms with Gasteiger partial charge in [0.15, 0.2) is 22.8 Å². The molecule has 1 aliphatic rings. The van der Waals surface area contributed by atoms with Crippen LogP contribution in [0.1, 0.15) is 33.9 Å². The average Bonchev–Trinajstić information content (AvgIpc) is 3.08. The molecular weight excluding hydrogens is 463 g/mol. The maximum Gasteiger partial charge on any atom is 0.338 e. The van der Waals surface area contributed by atoms with Gasteiger partial charge >= 0.3 is 11.9 Å². The van der Waals surface area contributed by atoms with E-state index in [1.165, 1.54) is 35.9 Å². The topological polar surface area (TPSA) is 99.6 Å². The fourth-order valence-electron chi connectivity index (χ4n) is 3.71. The Hall–Kier alpha value is -3.63. The number of carbonyl (C=O) groups excluding carboxylic acids is 2. The van der Waals surface area contributed by atoms with Gasteiger partial charge in [0.25, 0.3) is 5.56 Å². The second-order valence-corrected chi connectivity index (χ2v) is 8.24. The number of benzene rings is 2. The molecule has 2 aromatic carbocycles. The molecule has 1 aliphatic heterocycles. The van der Waals surface area contributed by atoms with Gasteiger partial charge in [0.1, 0.15) is 12.7 Å². The van der Waals surface area contributed by atoms with Gasteiger partial charge < -0.3 is 14.2 Å². The van der Waals surface area contributed by atoms with Crippen molar-refractivity contribution in [3.8, 4) is 0 Å². The van der Waals surface area contributed by atoms with E-state index in [2.05, 4.69) is 4.98 Å². The van der Waals surface area contributed by atoms with E-state index in [1.54, 1.807) is 48.5 Å². The van der Waals surface area contributed by atoms with Gasteiger partial charge in [0, 0.05) is 12.3 Å². The van der Waals surface area contributed by atoms with E-state index in [9.17, 15) is 14.4 Å². The zero-order valence-corrected chi connectivity index (χ0v) is 18.9. The smallest absolute Gasteiger partial charge is 0.338 e. The van der Waals surface area contributed by atoms with Crippen molar-refractivity contribution in [2.75, 3.05) is 6.61 Å². The van der Waals surface area contributed by atoms with Gasteiger partial charge in [-0.05, 0) is 43.4 Å². The van der Waals surface area contributed by atoms with Crippen LogP contribution in [0, 0.1) is 4.77 Å². The van der Waals surface area contributed by atoms with E-state index < -0.39 is 41.6 Å². The van der Waals surface area contributed by atoms with Crippen LogP contribution in [0.5, 0.6) is 0 Å². The lowest BCUT2D eigenvalue weighted by Crippen LogP contribution is -2.44. The second-order valence-electron chi connectivity index (χ2n) is 7.85. The zero-order valence-electron chi connectivity index (χ0n) is 18.1. The number of carbonyl (C=O) groups is 2. The molecule has 2 heterocycles. The van der Waals surface area contributed by atoms with Crippen molar-refractivity contribution in [2.24, 2.45) is 0 Å². The largest absolute Gasteiger partial charge is 0.459 e. The third-order valence-corrected chi connectivity index (χ3v) is 5.73. The van der Waals surface area contributed by atoms with Gasteiger partial charge in [-0.25, -0.2) is 14.0 Å². The number of hydrogen-bond acceptors (Lipinski definition) is 7. The highest BCUT2D eigenvalue weighted by Gasteiger charge is 2.58. The molecule has 176 valence electrons. The fourth-order valence-corrected chi connectivity index (χ4v) is 3.97. The monoisotopic (exact) mass is 484 g/mol. The number of halogens is 1. The molecule has 0 radical (unpaired) electrons. The van der Waals surface area contributed by atoms with Crippen LogP contribution < -0.4 is 5.56 Å². The minimum Gasteiger partial charge on any atom is -0.459 e. The van der Waals surface area contributed by atoms with Crippen LogP contribution >= 0.6 is 12.2 Å². The maximum atomic E-state index is 16.2. The number of nitrogens with one attached hydrogen (secondary N) is 1. The Labute approximate surface area is 198 Å². The molecule has 1 aromatic heterocycles. The number of esters is 2. The molecule has 8 nitrogen and oxygen atoms in total. The summed E-state index contributed by atoms with van der Waals surface area (Å²) >= 11 is 5.16. The van der Waals surface area contributed by atoms with Crippen LogP contribution in [-0.2, 0) is 14.2 Å². The molecule has 4 rings (SSSR count). The Morgan fingerprint density at radius 1 is 1.06 bits per heavy atom. The first-order valence-electron chi connectivity index (χ1n) is 10.4. The molecule has 0 saturated carbocycles.